The molecule has 92 valence electrons. The third-order valence-corrected chi connectivity index (χ3v) is 3.00. The SMILES string of the molecule is CC(Cc1cccc(-c2ccccc2)c1)C(=O)O. The maximum absolute atomic E-state index is 10.9. The standard InChI is InChI=1S/C16H16O2/c1-12(16(17)18)10-13-6-5-9-15(11-13)14-7-3-2-4-8-14/h2-9,11-12H,10H2,1H3,(H,17,18). The van der Waals surface area contributed by atoms with Gasteiger partial charge < -0.3 is 5.11 Å². The number of carboxylic acid groups (broad SMARTS) is 1. The van der Waals surface area contributed by atoms with Gasteiger partial charge in [-0.25, -0.2) is 0 Å². The first-order valence-corrected chi connectivity index (χ1v) is 6.04. The molecule has 2 heteroatoms. The molecule has 0 fully saturated rings. The minimum absolute atomic E-state index is 0.351. The van der Waals surface area contributed by atoms with E-state index in [0.717, 1.165) is 16.7 Å². The van der Waals surface area contributed by atoms with Gasteiger partial charge in [0.1, 0.15) is 0 Å². The molecule has 0 saturated heterocycles. The Kier molecular flexibility index (Phi) is 3.78. The zero-order valence-corrected chi connectivity index (χ0v) is 10.3. The molecule has 0 heterocycles. The van der Waals surface area contributed by atoms with E-state index in [2.05, 4.69) is 18.2 Å². The number of hydrogen-bond donors (Lipinski definition) is 1. The maximum atomic E-state index is 10.9. The molecule has 2 aromatic carbocycles. The van der Waals surface area contributed by atoms with Crippen molar-refractivity contribution in [3.8, 4) is 11.1 Å². The average molecular weight is 240 g/mol. The Bertz CT molecular complexity index is 532. The zero-order chi connectivity index (χ0) is 13.0. The van der Waals surface area contributed by atoms with Crippen molar-refractivity contribution in [2.75, 3.05) is 0 Å². The molecule has 1 atom stereocenters. The first-order valence-electron chi connectivity index (χ1n) is 6.04. The summed E-state index contributed by atoms with van der Waals surface area (Å²) in [6, 6.07) is 18.2. The van der Waals surface area contributed by atoms with Crippen LogP contribution in [0.1, 0.15) is 12.5 Å². The van der Waals surface area contributed by atoms with Crippen LogP contribution in [0.5, 0.6) is 0 Å². The lowest BCUT2D eigenvalue weighted by Crippen LogP contribution is -2.12. The van der Waals surface area contributed by atoms with E-state index in [1.165, 1.54) is 0 Å². The van der Waals surface area contributed by atoms with Crippen molar-refractivity contribution in [2.24, 2.45) is 5.92 Å². The highest BCUT2D eigenvalue weighted by Crippen LogP contribution is 2.21. The van der Waals surface area contributed by atoms with Gasteiger partial charge in [-0.1, -0.05) is 61.5 Å². The summed E-state index contributed by atoms with van der Waals surface area (Å²) in [6.45, 7) is 1.73. The molecule has 0 amide bonds. The van der Waals surface area contributed by atoms with Gasteiger partial charge in [-0.2, -0.15) is 0 Å². The molecular formula is C16H16O2. The normalized spacial score (nSPS) is 12.1. The Labute approximate surface area is 107 Å². The van der Waals surface area contributed by atoms with E-state index in [9.17, 15) is 4.79 Å². The quantitative estimate of drug-likeness (QED) is 0.886. The van der Waals surface area contributed by atoms with E-state index in [-0.39, 0.29) is 5.92 Å². The van der Waals surface area contributed by atoms with Crippen LogP contribution < -0.4 is 0 Å². The highest BCUT2D eigenvalue weighted by Gasteiger charge is 2.11. The third kappa shape index (κ3) is 2.98. The van der Waals surface area contributed by atoms with E-state index >= 15 is 0 Å². The molecule has 0 radical (unpaired) electrons. The number of carboxylic acids is 1. The molecule has 0 saturated carbocycles. The fourth-order valence-electron chi connectivity index (χ4n) is 1.95. The van der Waals surface area contributed by atoms with Gasteiger partial charge in [-0.3, -0.25) is 4.79 Å². The summed E-state index contributed by atoms with van der Waals surface area (Å²) < 4.78 is 0. The molecule has 0 bridgehead atoms. The maximum Gasteiger partial charge on any atom is 0.306 e. The van der Waals surface area contributed by atoms with Crippen LogP contribution in [0.25, 0.3) is 11.1 Å². The van der Waals surface area contributed by atoms with E-state index in [1.54, 1.807) is 6.92 Å². The van der Waals surface area contributed by atoms with Crippen molar-refractivity contribution in [3.05, 3.63) is 60.2 Å². The van der Waals surface area contributed by atoms with Crippen LogP contribution in [-0.2, 0) is 11.2 Å². The van der Waals surface area contributed by atoms with Crippen molar-refractivity contribution in [1.82, 2.24) is 0 Å². The molecule has 18 heavy (non-hydrogen) atoms. The van der Waals surface area contributed by atoms with Crippen LogP contribution in [0.3, 0.4) is 0 Å². The summed E-state index contributed by atoms with van der Waals surface area (Å²) in [4.78, 5) is 10.9. The van der Waals surface area contributed by atoms with Crippen molar-refractivity contribution in [2.45, 2.75) is 13.3 Å². The molecule has 2 rings (SSSR count). The van der Waals surface area contributed by atoms with Gasteiger partial charge in [-0.15, -0.1) is 0 Å². The van der Waals surface area contributed by atoms with Crippen LogP contribution >= 0.6 is 0 Å². The van der Waals surface area contributed by atoms with Gasteiger partial charge >= 0.3 is 5.97 Å². The van der Waals surface area contributed by atoms with Gasteiger partial charge in [-0.05, 0) is 23.1 Å². The molecule has 0 aliphatic rings. The predicted octanol–water partition coefficient (Wildman–Crippen LogP) is 3.62. The molecule has 2 nitrogen and oxygen atoms in total. The second kappa shape index (κ2) is 5.50. The summed E-state index contributed by atoms with van der Waals surface area (Å²) in [5.41, 5.74) is 3.35. The van der Waals surface area contributed by atoms with Crippen molar-refractivity contribution < 1.29 is 9.90 Å². The van der Waals surface area contributed by atoms with Crippen LogP contribution in [0, 0.1) is 5.92 Å². The summed E-state index contributed by atoms with van der Waals surface area (Å²) in [5.74, 6) is -1.10. The van der Waals surface area contributed by atoms with Gasteiger partial charge in [0.15, 0.2) is 0 Å². The second-order valence-corrected chi connectivity index (χ2v) is 4.51. The molecule has 1 N–H and O–H groups in total. The number of rotatable bonds is 4. The molecule has 0 aliphatic carbocycles. The lowest BCUT2D eigenvalue weighted by molar-refractivity contribution is -0.141. The van der Waals surface area contributed by atoms with Gasteiger partial charge in [0, 0.05) is 0 Å². The topological polar surface area (TPSA) is 37.3 Å². The summed E-state index contributed by atoms with van der Waals surface area (Å²) >= 11 is 0. The van der Waals surface area contributed by atoms with E-state index in [0.29, 0.717) is 6.42 Å². The number of aliphatic carboxylic acids is 1. The average Bonchev–Trinajstić information content (AvgIpc) is 2.40. The number of hydrogen-bond acceptors (Lipinski definition) is 1. The second-order valence-electron chi connectivity index (χ2n) is 4.51. The third-order valence-electron chi connectivity index (χ3n) is 3.00. The number of benzene rings is 2. The summed E-state index contributed by atoms with van der Waals surface area (Å²) in [7, 11) is 0. The molecule has 2 aromatic rings. The largest absolute Gasteiger partial charge is 0.481 e. The van der Waals surface area contributed by atoms with E-state index in [4.69, 9.17) is 5.11 Å². The fraction of sp³-hybridized carbons (Fsp3) is 0.188. The first-order chi connectivity index (χ1) is 8.66. The highest BCUT2D eigenvalue weighted by molar-refractivity contribution is 5.70. The Morgan fingerprint density at radius 2 is 1.72 bits per heavy atom. The monoisotopic (exact) mass is 240 g/mol. The smallest absolute Gasteiger partial charge is 0.306 e. The van der Waals surface area contributed by atoms with Crippen LogP contribution in [-0.4, -0.2) is 11.1 Å². The predicted molar refractivity (Wildman–Crippen MR) is 72.4 cm³/mol. The highest BCUT2D eigenvalue weighted by atomic mass is 16.4. The molecule has 0 aliphatic heterocycles. The Hall–Kier alpha value is -2.09. The van der Waals surface area contributed by atoms with Crippen LogP contribution in [0.4, 0.5) is 0 Å². The lowest BCUT2D eigenvalue weighted by Gasteiger charge is -2.08. The number of carbonyl (C=O) groups is 1. The Morgan fingerprint density at radius 3 is 2.39 bits per heavy atom. The van der Waals surface area contributed by atoms with Crippen LogP contribution in [0.15, 0.2) is 54.6 Å². The van der Waals surface area contributed by atoms with E-state index < -0.39 is 5.97 Å². The minimum Gasteiger partial charge on any atom is -0.481 e. The molecule has 1 unspecified atom stereocenters. The fourth-order valence-corrected chi connectivity index (χ4v) is 1.95. The van der Waals surface area contributed by atoms with Gasteiger partial charge in [0.25, 0.3) is 0 Å². The van der Waals surface area contributed by atoms with Crippen molar-refractivity contribution in [1.29, 1.82) is 0 Å². The first kappa shape index (κ1) is 12.4. The van der Waals surface area contributed by atoms with Crippen molar-refractivity contribution >= 4 is 5.97 Å². The van der Waals surface area contributed by atoms with Crippen LogP contribution in [0.2, 0.25) is 0 Å². The molecular weight excluding hydrogens is 224 g/mol. The summed E-state index contributed by atoms with van der Waals surface area (Å²) in [6.07, 6.45) is 0.565. The van der Waals surface area contributed by atoms with E-state index in [1.807, 2.05) is 36.4 Å². The van der Waals surface area contributed by atoms with Crippen molar-refractivity contribution in [3.63, 3.8) is 0 Å². The van der Waals surface area contributed by atoms with Gasteiger partial charge in [0.2, 0.25) is 0 Å². The Balaban J connectivity index is 2.23. The summed E-state index contributed by atoms with van der Waals surface area (Å²) in [5, 5.41) is 8.93. The minimum atomic E-state index is -0.750. The molecule has 0 aromatic heterocycles. The Morgan fingerprint density at radius 1 is 1.06 bits per heavy atom. The van der Waals surface area contributed by atoms with Gasteiger partial charge in [0.05, 0.1) is 5.92 Å². The lowest BCUT2D eigenvalue weighted by atomic mass is 9.97. The zero-order valence-electron chi connectivity index (χ0n) is 10.3. The molecule has 0 spiro atoms.